The topological polar surface area (TPSA) is 15.3 Å². The van der Waals surface area contributed by atoms with Crippen LogP contribution in [0, 0.1) is 5.92 Å². The monoisotopic (exact) mass is 256 g/mol. The van der Waals surface area contributed by atoms with Crippen molar-refractivity contribution in [2.24, 2.45) is 5.92 Å². The number of nitrogens with zero attached hydrogens (tertiary/aromatic N) is 1. The predicted molar refractivity (Wildman–Crippen MR) is 78.0 cm³/mol. The molecular weight excluding hydrogens is 232 g/mol. The lowest BCUT2D eigenvalue weighted by molar-refractivity contribution is -0.00655. The van der Waals surface area contributed by atoms with Crippen molar-refractivity contribution in [3.8, 4) is 0 Å². The third kappa shape index (κ3) is 1.85. The Labute approximate surface area is 116 Å². The van der Waals surface area contributed by atoms with Crippen LogP contribution in [0.5, 0.6) is 0 Å². The zero-order chi connectivity index (χ0) is 12.9. The maximum atomic E-state index is 3.98. The van der Waals surface area contributed by atoms with E-state index in [1.165, 1.54) is 44.3 Å². The van der Waals surface area contributed by atoms with E-state index in [-0.39, 0.29) is 0 Å². The maximum Gasteiger partial charge on any atom is 0.0366 e. The fourth-order valence-electron chi connectivity index (χ4n) is 4.47. The van der Waals surface area contributed by atoms with Crippen LogP contribution in [0.4, 0.5) is 0 Å². The predicted octanol–water partition coefficient (Wildman–Crippen LogP) is 2.96. The van der Waals surface area contributed by atoms with Crippen molar-refractivity contribution in [3.05, 3.63) is 35.9 Å². The van der Waals surface area contributed by atoms with Crippen molar-refractivity contribution in [2.45, 2.75) is 50.2 Å². The molecule has 4 fully saturated rings. The number of hydrogen-bond acceptors (Lipinski definition) is 2. The van der Waals surface area contributed by atoms with Crippen LogP contribution < -0.4 is 5.32 Å². The molecule has 2 heteroatoms. The first-order valence-corrected chi connectivity index (χ1v) is 7.86. The molecule has 2 bridgehead atoms. The highest BCUT2D eigenvalue weighted by Gasteiger charge is 2.60. The Morgan fingerprint density at radius 3 is 2.47 bits per heavy atom. The Kier molecular flexibility index (Phi) is 2.71. The molecule has 1 unspecified atom stereocenters. The average Bonchev–Trinajstić information content (AvgIpc) is 3.25. The van der Waals surface area contributed by atoms with Gasteiger partial charge in [0.1, 0.15) is 0 Å². The summed E-state index contributed by atoms with van der Waals surface area (Å²) in [6.45, 7) is 5.02. The molecule has 2 nitrogen and oxygen atoms in total. The van der Waals surface area contributed by atoms with Gasteiger partial charge in [0.2, 0.25) is 0 Å². The van der Waals surface area contributed by atoms with Crippen LogP contribution >= 0.6 is 0 Å². The van der Waals surface area contributed by atoms with E-state index in [0.717, 1.165) is 12.0 Å². The van der Waals surface area contributed by atoms with Crippen LogP contribution in [-0.2, 0) is 0 Å². The van der Waals surface area contributed by atoms with Crippen LogP contribution in [0.1, 0.15) is 44.2 Å². The number of benzene rings is 1. The third-order valence-corrected chi connectivity index (χ3v) is 5.71. The van der Waals surface area contributed by atoms with Crippen molar-refractivity contribution in [2.75, 3.05) is 13.1 Å². The summed E-state index contributed by atoms with van der Waals surface area (Å²) in [5.74, 6) is 0.915. The molecule has 1 aromatic rings. The molecule has 1 saturated carbocycles. The summed E-state index contributed by atoms with van der Waals surface area (Å²) < 4.78 is 0. The van der Waals surface area contributed by atoms with E-state index < -0.39 is 0 Å². The van der Waals surface area contributed by atoms with Crippen molar-refractivity contribution >= 4 is 0 Å². The highest BCUT2D eigenvalue weighted by atomic mass is 15.3. The summed E-state index contributed by atoms with van der Waals surface area (Å²) in [5, 5.41) is 3.98. The molecule has 5 rings (SSSR count). The van der Waals surface area contributed by atoms with E-state index in [9.17, 15) is 0 Å². The van der Waals surface area contributed by atoms with Gasteiger partial charge in [-0.25, -0.2) is 0 Å². The molecule has 2 atom stereocenters. The minimum Gasteiger partial charge on any atom is -0.305 e. The molecule has 4 aliphatic rings. The number of piperidine rings is 3. The van der Waals surface area contributed by atoms with Gasteiger partial charge >= 0.3 is 0 Å². The van der Waals surface area contributed by atoms with E-state index >= 15 is 0 Å². The summed E-state index contributed by atoms with van der Waals surface area (Å²) in [6, 6.07) is 12.1. The van der Waals surface area contributed by atoms with Gasteiger partial charge in [0.05, 0.1) is 0 Å². The van der Waals surface area contributed by atoms with Crippen molar-refractivity contribution in [1.82, 2.24) is 10.2 Å². The number of nitrogens with one attached hydrogen (secondary N) is 1. The Bertz CT molecular complexity index is 444. The molecule has 1 aliphatic carbocycles. The minimum absolute atomic E-state index is 0.476. The smallest absolute Gasteiger partial charge is 0.0366 e. The Morgan fingerprint density at radius 2 is 1.84 bits per heavy atom. The molecule has 1 spiro atoms. The van der Waals surface area contributed by atoms with Crippen LogP contribution in [0.3, 0.4) is 0 Å². The van der Waals surface area contributed by atoms with Gasteiger partial charge in [0.25, 0.3) is 0 Å². The molecule has 102 valence electrons. The molecule has 0 radical (unpaired) electrons. The first-order valence-electron chi connectivity index (χ1n) is 7.86. The zero-order valence-electron chi connectivity index (χ0n) is 11.8. The second-order valence-electron chi connectivity index (χ2n) is 6.70. The van der Waals surface area contributed by atoms with Gasteiger partial charge in [-0.2, -0.15) is 0 Å². The van der Waals surface area contributed by atoms with Gasteiger partial charge in [0.15, 0.2) is 0 Å². The highest BCUT2D eigenvalue weighted by molar-refractivity contribution is 5.22. The molecule has 1 N–H and O–H groups in total. The first-order chi connectivity index (χ1) is 9.29. The minimum atomic E-state index is 0.476. The van der Waals surface area contributed by atoms with Gasteiger partial charge in [-0.15, -0.1) is 0 Å². The van der Waals surface area contributed by atoms with Crippen molar-refractivity contribution < 1.29 is 0 Å². The standard InChI is InChI=1S/C17H24N2/c1-13(14-5-3-2-4-6-14)18-16-15-7-11-19(12-8-15)17(16)9-10-17/h2-6,13,15-16,18H,7-12H2,1H3/t13-,16?/m1/s1. The van der Waals surface area contributed by atoms with Gasteiger partial charge in [-0.1, -0.05) is 30.3 Å². The van der Waals surface area contributed by atoms with Crippen LogP contribution in [0.15, 0.2) is 30.3 Å². The van der Waals surface area contributed by atoms with Crippen LogP contribution in [0.25, 0.3) is 0 Å². The quantitative estimate of drug-likeness (QED) is 0.894. The summed E-state index contributed by atoms with van der Waals surface area (Å²) in [4.78, 5) is 2.78. The SMILES string of the molecule is C[C@@H](NC1C2CCN(CC2)C12CC2)c1ccccc1. The molecule has 3 heterocycles. The van der Waals surface area contributed by atoms with Gasteiger partial charge in [-0.05, 0) is 57.2 Å². The second-order valence-corrected chi connectivity index (χ2v) is 6.70. The summed E-state index contributed by atoms with van der Waals surface area (Å²) >= 11 is 0. The highest BCUT2D eigenvalue weighted by Crippen LogP contribution is 2.54. The van der Waals surface area contributed by atoms with Gasteiger partial charge in [-0.3, -0.25) is 4.90 Å². The van der Waals surface area contributed by atoms with E-state index in [0.29, 0.717) is 11.6 Å². The van der Waals surface area contributed by atoms with Crippen molar-refractivity contribution in [1.29, 1.82) is 0 Å². The molecule has 0 aromatic heterocycles. The van der Waals surface area contributed by atoms with E-state index in [4.69, 9.17) is 0 Å². The van der Waals surface area contributed by atoms with E-state index in [1.54, 1.807) is 0 Å². The lowest BCUT2D eigenvalue weighted by Gasteiger charge is -2.53. The maximum absolute atomic E-state index is 3.98. The average molecular weight is 256 g/mol. The summed E-state index contributed by atoms with van der Waals surface area (Å²) in [5.41, 5.74) is 1.97. The van der Waals surface area contributed by atoms with Crippen LogP contribution in [-0.4, -0.2) is 29.6 Å². The van der Waals surface area contributed by atoms with E-state index in [2.05, 4.69) is 47.5 Å². The molecule has 3 saturated heterocycles. The third-order valence-electron chi connectivity index (χ3n) is 5.71. The Balaban J connectivity index is 1.53. The number of hydrogen-bond donors (Lipinski definition) is 1. The first kappa shape index (κ1) is 11.9. The molecular formula is C17H24N2. The molecule has 19 heavy (non-hydrogen) atoms. The fourth-order valence-corrected chi connectivity index (χ4v) is 4.47. The summed E-state index contributed by atoms with van der Waals surface area (Å²) in [7, 11) is 0. The lowest BCUT2D eigenvalue weighted by Crippen LogP contribution is -2.64. The largest absolute Gasteiger partial charge is 0.305 e. The van der Waals surface area contributed by atoms with Gasteiger partial charge in [0, 0.05) is 17.6 Å². The normalized spacial score (nSPS) is 36.4. The van der Waals surface area contributed by atoms with Crippen LogP contribution in [0.2, 0.25) is 0 Å². The number of fused-ring (bicyclic) bond motifs is 2. The molecule has 0 amide bonds. The Hall–Kier alpha value is -0.860. The Morgan fingerprint density at radius 1 is 1.16 bits per heavy atom. The second kappa shape index (κ2) is 4.32. The fraction of sp³-hybridized carbons (Fsp3) is 0.647. The number of rotatable bonds is 3. The zero-order valence-corrected chi connectivity index (χ0v) is 11.8. The van der Waals surface area contributed by atoms with E-state index in [1.807, 2.05) is 0 Å². The lowest BCUT2D eigenvalue weighted by atomic mass is 9.76. The van der Waals surface area contributed by atoms with Gasteiger partial charge < -0.3 is 5.32 Å². The van der Waals surface area contributed by atoms with Crippen molar-refractivity contribution in [3.63, 3.8) is 0 Å². The molecule has 1 aromatic carbocycles. The molecule has 3 aliphatic heterocycles. The summed E-state index contributed by atoms with van der Waals surface area (Å²) in [6.07, 6.45) is 5.65.